The average Bonchev–Trinajstić information content (AvgIpc) is 2.45. The van der Waals surface area contributed by atoms with Crippen molar-refractivity contribution >= 4 is 17.8 Å². The summed E-state index contributed by atoms with van der Waals surface area (Å²) < 4.78 is 0. The van der Waals surface area contributed by atoms with Crippen LogP contribution >= 0.6 is 0 Å². The van der Waals surface area contributed by atoms with Crippen LogP contribution in [0, 0.1) is 0 Å². The number of carbonyl (C=O) groups is 3. The highest BCUT2D eigenvalue weighted by Gasteiger charge is 2.21. The third-order valence-electron chi connectivity index (χ3n) is 3.05. The molecule has 0 aromatic heterocycles. The smallest absolute Gasteiger partial charge is 0.326 e. The molecule has 1 rings (SSSR count). The number of carbonyl (C=O) groups excluding carboxylic acids is 2. The molecule has 0 aliphatic carbocycles. The van der Waals surface area contributed by atoms with Gasteiger partial charge in [0, 0.05) is 13.5 Å². The van der Waals surface area contributed by atoms with E-state index in [0.717, 1.165) is 0 Å². The van der Waals surface area contributed by atoms with Crippen LogP contribution in [0.15, 0.2) is 24.3 Å². The molecule has 7 heteroatoms. The Balaban J connectivity index is 2.50. The molecule has 0 aliphatic rings. The number of aliphatic carboxylic acids is 1. The maximum absolute atomic E-state index is 12.0. The molecule has 1 unspecified atom stereocenters. The molecule has 4 N–H and O–H groups in total. The lowest BCUT2D eigenvalue weighted by Gasteiger charge is -2.15. The molecular weight excluding hydrogens is 288 g/mol. The Morgan fingerprint density at radius 2 is 1.86 bits per heavy atom. The quantitative estimate of drug-likeness (QED) is 0.532. The van der Waals surface area contributed by atoms with Crippen molar-refractivity contribution < 1.29 is 24.6 Å². The molecule has 0 saturated heterocycles. The molecule has 0 radical (unpaired) electrons. The zero-order valence-electron chi connectivity index (χ0n) is 12.3. The van der Waals surface area contributed by atoms with Gasteiger partial charge in [0.25, 0.3) is 5.91 Å². The van der Waals surface area contributed by atoms with Gasteiger partial charge in [-0.3, -0.25) is 9.59 Å². The summed E-state index contributed by atoms with van der Waals surface area (Å²) >= 11 is 0. The number of nitrogens with one attached hydrogen (secondary N) is 2. The van der Waals surface area contributed by atoms with Crippen LogP contribution < -0.4 is 10.6 Å². The van der Waals surface area contributed by atoms with Crippen molar-refractivity contribution in [1.82, 2.24) is 10.6 Å². The summed E-state index contributed by atoms with van der Waals surface area (Å²) in [6.07, 6.45) is 1.41. The third kappa shape index (κ3) is 5.82. The molecule has 0 aliphatic heterocycles. The van der Waals surface area contributed by atoms with Gasteiger partial charge in [-0.25, -0.2) is 4.79 Å². The normalized spacial score (nSPS) is 11.5. The number of benzene rings is 1. The lowest BCUT2D eigenvalue weighted by Crippen LogP contribution is -2.40. The number of hydrogen-bond donors (Lipinski definition) is 4. The third-order valence-corrected chi connectivity index (χ3v) is 3.05. The van der Waals surface area contributed by atoms with Crippen LogP contribution in [0.3, 0.4) is 0 Å². The molecule has 1 aromatic rings. The number of carboxylic acid groups (broad SMARTS) is 1. The highest BCUT2D eigenvalue weighted by atomic mass is 16.4. The molecule has 0 spiro atoms. The number of unbranched alkanes of at least 4 members (excludes halogenated alkanes) is 1. The molecule has 2 amide bonds. The number of para-hydroxylation sites is 1. The highest BCUT2D eigenvalue weighted by molar-refractivity contribution is 5.98. The van der Waals surface area contributed by atoms with E-state index in [1.807, 2.05) is 0 Å². The monoisotopic (exact) mass is 308 g/mol. The van der Waals surface area contributed by atoms with Gasteiger partial charge >= 0.3 is 5.97 Å². The summed E-state index contributed by atoms with van der Waals surface area (Å²) in [5.41, 5.74) is 0.0343. The van der Waals surface area contributed by atoms with E-state index in [2.05, 4.69) is 10.6 Å². The lowest BCUT2D eigenvalue weighted by molar-refractivity contribution is -0.139. The molecule has 7 nitrogen and oxygen atoms in total. The van der Waals surface area contributed by atoms with Crippen LogP contribution in [0.4, 0.5) is 0 Å². The Hall–Kier alpha value is -2.57. The first-order valence-electron chi connectivity index (χ1n) is 6.98. The van der Waals surface area contributed by atoms with Crippen LogP contribution in [-0.4, -0.2) is 40.6 Å². The van der Waals surface area contributed by atoms with E-state index < -0.39 is 17.9 Å². The van der Waals surface area contributed by atoms with E-state index in [1.54, 1.807) is 12.1 Å². The molecule has 120 valence electrons. The van der Waals surface area contributed by atoms with E-state index in [-0.39, 0.29) is 23.6 Å². The number of rotatable bonds is 8. The molecule has 0 fully saturated rings. The van der Waals surface area contributed by atoms with Crippen molar-refractivity contribution in [3.63, 3.8) is 0 Å². The maximum Gasteiger partial charge on any atom is 0.326 e. The zero-order chi connectivity index (χ0) is 16.5. The van der Waals surface area contributed by atoms with Crippen LogP contribution in [0.5, 0.6) is 5.75 Å². The van der Waals surface area contributed by atoms with Crippen LogP contribution in [0.2, 0.25) is 0 Å². The summed E-state index contributed by atoms with van der Waals surface area (Å²) in [5.74, 6) is -2.10. The number of phenols is 1. The van der Waals surface area contributed by atoms with Gasteiger partial charge in [-0.2, -0.15) is 0 Å². The minimum absolute atomic E-state index is 0.0343. The molecule has 0 saturated carbocycles. The second-order valence-corrected chi connectivity index (χ2v) is 4.86. The minimum atomic E-state index is -1.14. The van der Waals surface area contributed by atoms with Crippen molar-refractivity contribution in [3.8, 4) is 5.75 Å². The molecular formula is C15H20N2O5. The topological polar surface area (TPSA) is 116 Å². The van der Waals surface area contributed by atoms with Crippen LogP contribution in [0.1, 0.15) is 36.5 Å². The van der Waals surface area contributed by atoms with Gasteiger partial charge in [0.2, 0.25) is 5.91 Å². The summed E-state index contributed by atoms with van der Waals surface area (Å²) in [6, 6.07) is 4.89. The fraction of sp³-hybridized carbons (Fsp3) is 0.400. The molecule has 0 bridgehead atoms. The predicted octanol–water partition coefficient (Wildman–Crippen LogP) is 0.882. The summed E-state index contributed by atoms with van der Waals surface area (Å²) in [5, 5.41) is 23.7. The minimum Gasteiger partial charge on any atom is -0.507 e. The molecule has 0 heterocycles. The van der Waals surface area contributed by atoms with Gasteiger partial charge < -0.3 is 20.8 Å². The number of phenolic OH excluding ortho intramolecular Hbond substituents is 1. The van der Waals surface area contributed by atoms with Gasteiger partial charge in [0.05, 0.1) is 5.56 Å². The van der Waals surface area contributed by atoms with E-state index in [0.29, 0.717) is 19.4 Å². The Bertz CT molecular complexity index is 544. The number of aromatic hydroxyl groups is 1. The van der Waals surface area contributed by atoms with Gasteiger partial charge in [0.15, 0.2) is 0 Å². The molecule has 1 aromatic carbocycles. The molecule has 22 heavy (non-hydrogen) atoms. The molecule has 1 atom stereocenters. The number of carboxylic acids is 1. The fourth-order valence-electron chi connectivity index (χ4n) is 1.90. The lowest BCUT2D eigenvalue weighted by atomic mass is 10.1. The van der Waals surface area contributed by atoms with Crippen LogP contribution in [-0.2, 0) is 9.59 Å². The van der Waals surface area contributed by atoms with Gasteiger partial charge in [0.1, 0.15) is 11.8 Å². The first kappa shape index (κ1) is 17.5. The maximum atomic E-state index is 12.0. The highest BCUT2D eigenvalue weighted by Crippen LogP contribution is 2.15. The van der Waals surface area contributed by atoms with Gasteiger partial charge in [-0.05, 0) is 31.4 Å². The van der Waals surface area contributed by atoms with Crippen molar-refractivity contribution in [2.45, 2.75) is 32.2 Å². The predicted molar refractivity (Wildman–Crippen MR) is 79.5 cm³/mol. The second-order valence-electron chi connectivity index (χ2n) is 4.86. The summed E-state index contributed by atoms with van der Waals surface area (Å²) in [4.78, 5) is 33.8. The first-order chi connectivity index (χ1) is 10.4. The number of hydrogen-bond acceptors (Lipinski definition) is 4. The standard InChI is InChI=1S/C15H20N2O5/c1-10(18)16-9-5-4-7-12(15(21)22)17-14(20)11-6-2-3-8-13(11)19/h2-3,6,8,12,19H,4-5,7,9H2,1H3,(H,16,18)(H,17,20)(H,21,22). The van der Waals surface area contributed by atoms with Gasteiger partial charge in [-0.15, -0.1) is 0 Å². The summed E-state index contributed by atoms with van der Waals surface area (Å²) in [7, 11) is 0. The van der Waals surface area contributed by atoms with E-state index in [9.17, 15) is 19.5 Å². The Morgan fingerprint density at radius 1 is 1.18 bits per heavy atom. The van der Waals surface area contributed by atoms with Crippen molar-refractivity contribution in [1.29, 1.82) is 0 Å². The Labute approximate surface area is 128 Å². The summed E-state index contributed by atoms with van der Waals surface area (Å²) in [6.45, 7) is 1.88. The van der Waals surface area contributed by atoms with Crippen molar-refractivity contribution in [2.24, 2.45) is 0 Å². The van der Waals surface area contributed by atoms with E-state index >= 15 is 0 Å². The zero-order valence-corrected chi connectivity index (χ0v) is 12.3. The Morgan fingerprint density at radius 3 is 2.45 bits per heavy atom. The Kier molecular flexibility index (Phi) is 6.88. The average molecular weight is 308 g/mol. The number of amides is 2. The van der Waals surface area contributed by atoms with Crippen LogP contribution in [0.25, 0.3) is 0 Å². The second kappa shape index (κ2) is 8.66. The SMILES string of the molecule is CC(=O)NCCCCC(NC(=O)c1ccccc1O)C(=O)O. The van der Waals surface area contributed by atoms with Crippen molar-refractivity contribution in [3.05, 3.63) is 29.8 Å². The first-order valence-corrected chi connectivity index (χ1v) is 6.98. The van der Waals surface area contributed by atoms with E-state index in [4.69, 9.17) is 5.11 Å². The van der Waals surface area contributed by atoms with Crippen molar-refractivity contribution in [2.75, 3.05) is 6.54 Å². The fourth-order valence-corrected chi connectivity index (χ4v) is 1.90. The van der Waals surface area contributed by atoms with E-state index in [1.165, 1.54) is 19.1 Å². The largest absolute Gasteiger partial charge is 0.507 e. The van der Waals surface area contributed by atoms with Gasteiger partial charge in [-0.1, -0.05) is 12.1 Å².